The van der Waals surface area contributed by atoms with Crippen LogP contribution in [0.4, 0.5) is 5.69 Å². The molecule has 0 fully saturated rings. The van der Waals surface area contributed by atoms with Gasteiger partial charge in [-0.25, -0.2) is 0 Å². The predicted octanol–water partition coefficient (Wildman–Crippen LogP) is 5.07. The second-order valence-electron chi connectivity index (χ2n) is 5.91. The van der Waals surface area contributed by atoms with Crippen molar-refractivity contribution in [2.24, 2.45) is 0 Å². The Labute approximate surface area is 156 Å². The zero-order valence-corrected chi connectivity index (χ0v) is 15.4. The highest BCUT2D eigenvalue weighted by atomic mass is 32.1. The number of nitrogens with one attached hydrogen (secondary N) is 1. The lowest BCUT2D eigenvalue weighted by Gasteiger charge is -2.09. The number of carbonyl (C=O) groups is 1. The molecule has 1 heterocycles. The van der Waals surface area contributed by atoms with E-state index in [1.165, 1.54) is 0 Å². The monoisotopic (exact) mass is 362 g/mol. The Balaban J connectivity index is 1.67. The first-order valence-electron chi connectivity index (χ1n) is 8.15. The molecule has 130 valence electrons. The van der Waals surface area contributed by atoms with Gasteiger partial charge in [0, 0.05) is 21.5 Å². The van der Waals surface area contributed by atoms with Crippen LogP contribution in [0, 0.1) is 25.2 Å². The minimum absolute atomic E-state index is 0.120. The standard InChI is InChI=1S/C21H18N2O2S/c1-14-9-20(15(2)26-14)21(24)23-18-7-4-8-19(11-18)25-13-17-6-3-5-16(10-17)12-22/h3-11H,13H2,1-2H3,(H,23,24). The summed E-state index contributed by atoms with van der Waals surface area (Å²) in [5, 5.41) is 11.9. The van der Waals surface area contributed by atoms with E-state index in [2.05, 4.69) is 11.4 Å². The molecule has 0 aliphatic carbocycles. The van der Waals surface area contributed by atoms with E-state index in [0.29, 0.717) is 29.2 Å². The lowest BCUT2D eigenvalue weighted by molar-refractivity contribution is 0.102. The van der Waals surface area contributed by atoms with Crippen LogP contribution in [-0.4, -0.2) is 5.91 Å². The number of nitriles is 1. The van der Waals surface area contributed by atoms with Gasteiger partial charge in [0.1, 0.15) is 12.4 Å². The van der Waals surface area contributed by atoms with Gasteiger partial charge in [-0.15, -0.1) is 11.3 Å². The fraction of sp³-hybridized carbons (Fsp3) is 0.143. The van der Waals surface area contributed by atoms with Crippen molar-refractivity contribution in [2.45, 2.75) is 20.5 Å². The van der Waals surface area contributed by atoms with E-state index in [1.807, 2.05) is 50.2 Å². The van der Waals surface area contributed by atoms with Crippen LogP contribution in [0.3, 0.4) is 0 Å². The highest BCUT2D eigenvalue weighted by molar-refractivity contribution is 7.12. The summed E-state index contributed by atoms with van der Waals surface area (Å²) in [6.07, 6.45) is 0. The Bertz CT molecular complexity index is 986. The van der Waals surface area contributed by atoms with Crippen LogP contribution in [0.1, 0.15) is 31.2 Å². The summed E-state index contributed by atoms with van der Waals surface area (Å²) in [6.45, 7) is 4.29. The Morgan fingerprint density at radius 1 is 1.15 bits per heavy atom. The predicted molar refractivity (Wildman–Crippen MR) is 104 cm³/mol. The number of ether oxygens (including phenoxy) is 1. The SMILES string of the molecule is Cc1cc(C(=O)Nc2cccc(OCc3cccc(C#N)c3)c2)c(C)s1. The first-order chi connectivity index (χ1) is 12.5. The molecule has 0 radical (unpaired) electrons. The largest absolute Gasteiger partial charge is 0.489 e. The highest BCUT2D eigenvalue weighted by Crippen LogP contribution is 2.23. The number of aryl methyl sites for hydroxylation is 2. The molecule has 0 spiro atoms. The van der Waals surface area contributed by atoms with Gasteiger partial charge >= 0.3 is 0 Å². The van der Waals surface area contributed by atoms with Gasteiger partial charge in [-0.2, -0.15) is 5.26 Å². The molecular weight excluding hydrogens is 344 g/mol. The van der Waals surface area contributed by atoms with Crippen molar-refractivity contribution in [2.75, 3.05) is 5.32 Å². The molecule has 1 N–H and O–H groups in total. The lowest BCUT2D eigenvalue weighted by Crippen LogP contribution is -2.12. The number of nitrogens with zero attached hydrogens (tertiary/aromatic N) is 1. The average Bonchev–Trinajstić information content (AvgIpc) is 2.99. The van der Waals surface area contributed by atoms with E-state index in [1.54, 1.807) is 29.5 Å². The Kier molecular flexibility index (Phi) is 5.35. The van der Waals surface area contributed by atoms with Crippen molar-refractivity contribution in [1.29, 1.82) is 5.26 Å². The summed E-state index contributed by atoms with van der Waals surface area (Å²) in [5.74, 6) is 0.536. The normalized spacial score (nSPS) is 10.2. The fourth-order valence-electron chi connectivity index (χ4n) is 2.62. The maximum atomic E-state index is 12.4. The van der Waals surface area contributed by atoms with Gasteiger partial charge in [0.15, 0.2) is 0 Å². The number of anilines is 1. The molecule has 0 unspecified atom stereocenters. The molecule has 3 aromatic rings. The number of hydrogen-bond donors (Lipinski definition) is 1. The minimum atomic E-state index is -0.120. The molecule has 4 nitrogen and oxygen atoms in total. The number of amides is 1. The first-order valence-corrected chi connectivity index (χ1v) is 8.97. The number of carbonyl (C=O) groups excluding carboxylic acids is 1. The van der Waals surface area contributed by atoms with Gasteiger partial charge < -0.3 is 10.1 Å². The van der Waals surface area contributed by atoms with Crippen LogP contribution in [0.5, 0.6) is 5.75 Å². The van der Waals surface area contributed by atoms with E-state index in [-0.39, 0.29) is 5.91 Å². The minimum Gasteiger partial charge on any atom is -0.489 e. The molecule has 0 aliphatic rings. The molecule has 0 aliphatic heterocycles. The molecule has 0 atom stereocenters. The second-order valence-corrected chi connectivity index (χ2v) is 7.37. The van der Waals surface area contributed by atoms with Crippen molar-refractivity contribution >= 4 is 22.9 Å². The van der Waals surface area contributed by atoms with Gasteiger partial charge in [-0.3, -0.25) is 4.79 Å². The number of rotatable bonds is 5. The molecule has 1 amide bonds. The van der Waals surface area contributed by atoms with Crippen molar-refractivity contribution in [3.05, 3.63) is 81.0 Å². The highest BCUT2D eigenvalue weighted by Gasteiger charge is 2.12. The molecular formula is C21H18N2O2S. The Hall–Kier alpha value is -3.10. The maximum Gasteiger partial charge on any atom is 0.256 e. The zero-order valence-electron chi connectivity index (χ0n) is 14.6. The summed E-state index contributed by atoms with van der Waals surface area (Å²) >= 11 is 1.61. The van der Waals surface area contributed by atoms with Crippen molar-refractivity contribution in [3.8, 4) is 11.8 Å². The zero-order chi connectivity index (χ0) is 18.5. The molecule has 5 heteroatoms. The van der Waals surface area contributed by atoms with Gasteiger partial charge in [-0.05, 0) is 49.7 Å². The van der Waals surface area contributed by atoms with Crippen LogP contribution in [0.2, 0.25) is 0 Å². The molecule has 1 aromatic heterocycles. The van der Waals surface area contributed by atoms with Crippen LogP contribution < -0.4 is 10.1 Å². The number of hydrogen-bond acceptors (Lipinski definition) is 4. The van der Waals surface area contributed by atoms with Crippen molar-refractivity contribution in [1.82, 2.24) is 0 Å². The Morgan fingerprint density at radius 2 is 1.96 bits per heavy atom. The third kappa shape index (κ3) is 4.29. The van der Waals surface area contributed by atoms with Crippen LogP contribution in [-0.2, 0) is 6.61 Å². The quantitative estimate of drug-likeness (QED) is 0.689. The van der Waals surface area contributed by atoms with Gasteiger partial charge in [0.05, 0.1) is 17.2 Å². The smallest absolute Gasteiger partial charge is 0.256 e. The van der Waals surface area contributed by atoms with Crippen molar-refractivity contribution < 1.29 is 9.53 Å². The summed E-state index contributed by atoms with van der Waals surface area (Å²) in [6, 6.07) is 18.6. The molecule has 0 bridgehead atoms. The second kappa shape index (κ2) is 7.85. The van der Waals surface area contributed by atoms with E-state index >= 15 is 0 Å². The topological polar surface area (TPSA) is 62.1 Å². The van der Waals surface area contributed by atoms with Crippen molar-refractivity contribution in [3.63, 3.8) is 0 Å². The summed E-state index contributed by atoms with van der Waals surface area (Å²) < 4.78 is 5.79. The summed E-state index contributed by atoms with van der Waals surface area (Å²) in [4.78, 5) is 14.6. The number of benzene rings is 2. The first kappa shape index (κ1) is 17.7. The average molecular weight is 362 g/mol. The summed E-state index contributed by atoms with van der Waals surface area (Å²) in [7, 11) is 0. The van der Waals surface area contributed by atoms with E-state index in [4.69, 9.17) is 10.00 Å². The molecule has 3 rings (SSSR count). The molecule has 2 aromatic carbocycles. The molecule has 0 saturated carbocycles. The van der Waals surface area contributed by atoms with Crippen LogP contribution >= 0.6 is 11.3 Å². The van der Waals surface area contributed by atoms with Gasteiger partial charge in [0.2, 0.25) is 0 Å². The Morgan fingerprint density at radius 3 is 2.69 bits per heavy atom. The van der Waals surface area contributed by atoms with Gasteiger partial charge in [0.25, 0.3) is 5.91 Å². The number of thiophene rings is 1. The third-order valence-corrected chi connectivity index (χ3v) is 4.81. The van der Waals surface area contributed by atoms with E-state index in [9.17, 15) is 4.79 Å². The lowest BCUT2D eigenvalue weighted by atomic mass is 10.1. The fourth-order valence-corrected chi connectivity index (χ4v) is 3.54. The maximum absolute atomic E-state index is 12.4. The molecule has 0 saturated heterocycles. The molecule has 26 heavy (non-hydrogen) atoms. The van der Waals surface area contributed by atoms with Crippen LogP contribution in [0.25, 0.3) is 0 Å². The van der Waals surface area contributed by atoms with E-state index < -0.39 is 0 Å². The van der Waals surface area contributed by atoms with Gasteiger partial charge in [-0.1, -0.05) is 18.2 Å². The van der Waals surface area contributed by atoms with Crippen LogP contribution in [0.15, 0.2) is 54.6 Å². The summed E-state index contributed by atoms with van der Waals surface area (Å²) in [5.41, 5.74) is 2.91. The third-order valence-electron chi connectivity index (χ3n) is 3.84. The van der Waals surface area contributed by atoms with E-state index in [0.717, 1.165) is 15.3 Å².